The average Bonchev–Trinajstić information content (AvgIpc) is 2.79. The molecule has 1 aromatic carbocycles. The van der Waals surface area contributed by atoms with E-state index in [9.17, 15) is 0 Å². The van der Waals surface area contributed by atoms with Gasteiger partial charge in [-0.05, 0) is 57.4 Å². The van der Waals surface area contributed by atoms with Gasteiger partial charge in [-0.3, -0.25) is 0 Å². The van der Waals surface area contributed by atoms with E-state index in [1.165, 1.54) is 30.6 Å². The number of nitrogens with one attached hydrogen (secondary N) is 1. The number of imidazole rings is 1. The smallest absolute Gasteiger partial charge is 0.129 e. The van der Waals surface area contributed by atoms with Gasteiger partial charge in [-0.15, -0.1) is 0 Å². The molecule has 108 valence electrons. The Balaban J connectivity index is 2.15. The van der Waals surface area contributed by atoms with Gasteiger partial charge in [0, 0.05) is 11.0 Å². The van der Waals surface area contributed by atoms with E-state index in [4.69, 9.17) is 4.98 Å². The van der Waals surface area contributed by atoms with E-state index in [1.54, 1.807) is 0 Å². The van der Waals surface area contributed by atoms with Crippen molar-refractivity contribution < 1.29 is 0 Å². The Kier molecular flexibility index (Phi) is 3.87. The summed E-state index contributed by atoms with van der Waals surface area (Å²) in [5.41, 5.74) is 2.36. The molecule has 0 radical (unpaired) electrons. The Morgan fingerprint density at radius 2 is 2.25 bits per heavy atom. The summed E-state index contributed by atoms with van der Waals surface area (Å²) >= 11 is 3.55. The summed E-state index contributed by atoms with van der Waals surface area (Å²) in [6.45, 7) is 6.65. The van der Waals surface area contributed by atoms with Gasteiger partial charge in [0.15, 0.2) is 0 Å². The van der Waals surface area contributed by atoms with Crippen molar-refractivity contribution in [2.24, 2.45) is 0 Å². The monoisotopic (exact) mass is 335 g/mol. The van der Waals surface area contributed by atoms with Gasteiger partial charge in [0.05, 0.1) is 16.6 Å². The van der Waals surface area contributed by atoms with Crippen LogP contribution < -0.4 is 5.32 Å². The average molecular weight is 336 g/mol. The third-order valence-corrected chi connectivity index (χ3v) is 4.76. The van der Waals surface area contributed by atoms with Crippen LogP contribution in [0.1, 0.15) is 45.4 Å². The second-order valence-electron chi connectivity index (χ2n) is 5.94. The number of benzene rings is 1. The first-order chi connectivity index (χ1) is 9.64. The van der Waals surface area contributed by atoms with Gasteiger partial charge in [-0.2, -0.15) is 0 Å². The van der Waals surface area contributed by atoms with E-state index in [-0.39, 0.29) is 5.54 Å². The van der Waals surface area contributed by atoms with Crippen LogP contribution in [0.25, 0.3) is 11.0 Å². The third kappa shape index (κ3) is 2.40. The molecule has 3 nitrogen and oxygen atoms in total. The lowest BCUT2D eigenvalue weighted by Crippen LogP contribution is -2.45. The first kappa shape index (κ1) is 14.1. The number of aromatic nitrogens is 2. The van der Waals surface area contributed by atoms with Crippen molar-refractivity contribution in [3.8, 4) is 0 Å². The summed E-state index contributed by atoms with van der Waals surface area (Å²) in [5.74, 6) is 1.20. The van der Waals surface area contributed by atoms with Crippen molar-refractivity contribution in [2.45, 2.75) is 51.6 Å². The fraction of sp³-hybridized carbons (Fsp3) is 0.562. The van der Waals surface area contributed by atoms with Crippen LogP contribution in [0.4, 0.5) is 0 Å². The van der Waals surface area contributed by atoms with Crippen molar-refractivity contribution in [1.29, 1.82) is 0 Å². The molecular formula is C16H22BrN3. The molecule has 1 unspecified atom stereocenters. The number of fused-ring (bicyclic) bond motifs is 1. The van der Waals surface area contributed by atoms with Crippen molar-refractivity contribution in [2.75, 3.05) is 6.54 Å². The number of hydrogen-bond donors (Lipinski definition) is 1. The zero-order valence-corrected chi connectivity index (χ0v) is 13.8. The lowest BCUT2D eigenvalue weighted by molar-refractivity contribution is 0.261. The van der Waals surface area contributed by atoms with Crippen LogP contribution in [0.15, 0.2) is 22.7 Å². The summed E-state index contributed by atoms with van der Waals surface area (Å²) < 4.78 is 3.50. The molecule has 1 aliphatic heterocycles. The number of halogens is 1. The van der Waals surface area contributed by atoms with Crippen molar-refractivity contribution >= 4 is 27.0 Å². The maximum absolute atomic E-state index is 4.96. The molecule has 1 N–H and O–H groups in total. The van der Waals surface area contributed by atoms with Crippen LogP contribution in [-0.2, 0) is 12.1 Å². The summed E-state index contributed by atoms with van der Waals surface area (Å²) in [7, 11) is 0. The molecule has 1 fully saturated rings. The SMILES string of the molecule is CCCn1c(C2(C)CCCCN2)nc2cc(Br)ccc21. The Labute approximate surface area is 128 Å². The first-order valence-electron chi connectivity index (χ1n) is 7.55. The standard InChI is InChI=1S/C16H22BrN3/c1-3-10-20-14-7-6-12(17)11-13(14)19-15(20)16(2)8-4-5-9-18-16/h6-7,11,18H,3-5,8-10H2,1-2H3. The summed E-state index contributed by atoms with van der Waals surface area (Å²) in [6, 6.07) is 6.41. The lowest BCUT2D eigenvalue weighted by atomic mass is 9.90. The van der Waals surface area contributed by atoms with Crippen LogP contribution in [0, 0.1) is 0 Å². The number of hydrogen-bond acceptors (Lipinski definition) is 2. The van der Waals surface area contributed by atoms with Gasteiger partial charge in [0.2, 0.25) is 0 Å². The molecule has 2 aromatic rings. The third-order valence-electron chi connectivity index (χ3n) is 4.27. The molecule has 1 saturated heterocycles. The van der Waals surface area contributed by atoms with E-state index < -0.39 is 0 Å². The van der Waals surface area contributed by atoms with E-state index in [0.29, 0.717) is 0 Å². The van der Waals surface area contributed by atoms with Gasteiger partial charge < -0.3 is 9.88 Å². The Hall–Kier alpha value is -0.870. The molecule has 4 heteroatoms. The first-order valence-corrected chi connectivity index (χ1v) is 8.34. The minimum atomic E-state index is 0.0128. The number of piperidine rings is 1. The minimum absolute atomic E-state index is 0.0128. The molecule has 1 aromatic heterocycles. The van der Waals surface area contributed by atoms with Crippen LogP contribution in [0.5, 0.6) is 0 Å². The highest BCUT2D eigenvalue weighted by Gasteiger charge is 2.33. The molecule has 0 spiro atoms. The predicted molar refractivity (Wildman–Crippen MR) is 86.9 cm³/mol. The fourth-order valence-corrected chi connectivity index (χ4v) is 3.57. The molecular weight excluding hydrogens is 314 g/mol. The highest BCUT2D eigenvalue weighted by atomic mass is 79.9. The highest BCUT2D eigenvalue weighted by molar-refractivity contribution is 9.10. The quantitative estimate of drug-likeness (QED) is 0.910. The molecule has 0 aliphatic carbocycles. The van der Waals surface area contributed by atoms with Gasteiger partial charge in [0.1, 0.15) is 5.82 Å². The normalized spacial score (nSPS) is 23.4. The molecule has 2 heterocycles. The predicted octanol–water partition coefficient (Wildman–Crippen LogP) is 4.20. The molecule has 1 atom stereocenters. The maximum Gasteiger partial charge on any atom is 0.129 e. The molecule has 3 rings (SSSR count). The van der Waals surface area contributed by atoms with Gasteiger partial charge in [-0.1, -0.05) is 22.9 Å². The van der Waals surface area contributed by atoms with Crippen LogP contribution in [0.3, 0.4) is 0 Å². The molecule has 0 bridgehead atoms. The summed E-state index contributed by atoms with van der Waals surface area (Å²) in [4.78, 5) is 4.96. The molecule has 0 saturated carbocycles. The highest BCUT2D eigenvalue weighted by Crippen LogP contribution is 2.32. The van der Waals surface area contributed by atoms with Crippen molar-refractivity contribution in [1.82, 2.24) is 14.9 Å². The van der Waals surface area contributed by atoms with Crippen LogP contribution in [-0.4, -0.2) is 16.1 Å². The zero-order valence-electron chi connectivity index (χ0n) is 12.2. The number of nitrogens with zero attached hydrogens (tertiary/aromatic N) is 2. The van der Waals surface area contributed by atoms with E-state index in [0.717, 1.165) is 29.5 Å². The Morgan fingerprint density at radius 1 is 1.40 bits per heavy atom. The number of rotatable bonds is 3. The molecule has 0 amide bonds. The second kappa shape index (κ2) is 5.49. The topological polar surface area (TPSA) is 29.9 Å². The molecule has 1 aliphatic rings. The Morgan fingerprint density at radius 3 is 2.95 bits per heavy atom. The fourth-order valence-electron chi connectivity index (χ4n) is 3.22. The second-order valence-corrected chi connectivity index (χ2v) is 6.85. The van der Waals surface area contributed by atoms with Gasteiger partial charge in [0.25, 0.3) is 0 Å². The van der Waals surface area contributed by atoms with E-state index in [2.05, 4.69) is 57.9 Å². The molecule has 20 heavy (non-hydrogen) atoms. The van der Waals surface area contributed by atoms with E-state index in [1.807, 2.05) is 0 Å². The van der Waals surface area contributed by atoms with Crippen molar-refractivity contribution in [3.63, 3.8) is 0 Å². The summed E-state index contributed by atoms with van der Waals surface area (Å²) in [6.07, 6.45) is 4.85. The largest absolute Gasteiger partial charge is 0.326 e. The maximum atomic E-state index is 4.96. The summed E-state index contributed by atoms with van der Waals surface area (Å²) in [5, 5.41) is 3.69. The van der Waals surface area contributed by atoms with E-state index >= 15 is 0 Å². The lowest BCUT2D eigenvalue weighted by Gasteiger charge is -2.34. The van der Waals surface area contributed by atoms with Gasteiger partial charge in [-0.25, -0.2) is 4.98 Å². The van der Waals surface area contributed by atoms with Gasteiger partial charge >= 0.3 is 0 Å². The number of aryl methyl sites for hydroxylation is 1. The van der Waals surface area contributed by atoms with Crippen molar-refractivity contribution in [3.05, 3.63) is 28.5 Å². The minimum Gasteiger partial charge on any atom is -0.326 e. The zero-order chi connectivity index (χ0) is 14.2. The van der Waals surface area contributed by atoms with Crippen LogP contribution in [0.2, 0.25) is 0 Å². The van der Waals surface area contributed by atoms with Crippen LogP contribution >= 0.6 is 15.9 Å². The Bertz CT molecular complexity index is 611.